The van der Waals surface area contributed by atoms with Crippen molar-refractivity contribution in [3.8, 4) is 0 Å². The summed E-state index contributed by atoms with van der Waals surface area (Å²) in [5, 5.41) is 5.10. The molecule has 0 radical (unpaired) electrons. The van der Waals surface area contributed by atoms with Crippen LogP contribution in [0, 0.1) is 17.5 Å². The zero-order valence-corrected chi connectivity index (χ0v) is 14.5. The molecule has 2 nitrogen and oxygen atoms in total. The fraction of sp³-hybridized carbons (Fsp3) is 0.333. The summed E-state index contributed by atoms with van der Waals surface area (Å²) in [7, 11) is 0. The van der Waals surface area contributed by atoms with Crippen LogP contribution in [0.5, 0.6) is 0 Å². The lowest BCUT2D eigenvalue weighted by Gasteiger charge is -2.35. The zero-order valence-electron chi connectivity index (χ0n) is 12.1. The van der Waals surface area contributed by atoms with Crippen LogP contribution in [0.15, 0.2) is 29.6 Å². The van der Waals surface area contributed by atoms with Gasteiger partial charge in [-0.15, -0.1) is 36.2 Å². The predicted molar refractivity (Wildman–Crippen MR) is 91.4 cm³/mol. The van der Waals surface area contributed by atoms with Crippen LogP contribution in [-0.4, -0.2) is 31.1 Å². The second kappa shape index (κ2) is 8.89. The number of nitrogens with one attached hydrogen (secondary N) is 1. The van der Waals surface area contributed by atoms with Gasteiger partial charge in [-0.25, -0.2) is 13.2 Å². The number of halogens is 5. The van der Waals surface area contributed by atoms with E-state index in [9.17, 15) is 13.2 Å². The molecule has 0 bridgehead atoms. The number of thiophene rings is 1. The van der Waals surface area contributed by atoms with E-state index in [-0.39, 0.29) is 30.4 Å². The number of hydrogen-bond donors (Lipinski definition) is 1. The fourth-order valence-corrected chi connectivity index (χ4v) is 3.57. The van der Waals surface area contributed by atoms with E-state index in [1.54, 1.807) is 0 Å². The first-order valence-corrected chi connectivity index (χ1v) is 7.67. The van der Waals surface area contributed by atoms with Crippen molar-refractivity contribution in [2.75, 3.05) is 26.2 Å². The fourth-order valence-electron chi connectivity index (χ4n) is 2.71. The van der Waals surface area contributed by atoms with E-state index in [1.165, 1.54) is 11.3 Å². The SMILES string of the molecule is Cl.Cl.Fc1cc(F)c([C@@H](c2cccs2)N2CCNCC2)c(F)c1. The van der Waals surface area contributed by atoms with Crippen LogP contribution in [0.3, 0.4) is 0 Å². The Morgan fingerprint density at radius 1 is 1.04 bits per heavy atom. The normalized spacial score (nSPS) is 16.3. The molecule has 1 N–H and O–H groups in total. The third-order valence-corrected chi connectivity index (χ3v) is 4.57. The van der Waals surface area contributed by atoms with Gasteiger partial charge in [-0.3, -0.25) is 4.90 Å². The average molecular weight is 385 g/mol. The first kappa shape index (κ1) is 20.3. The maximum absolute atomic E-state index is 14.2. The molecule has 0 unspecified atom stereocenters. The predicted octanol–water partition coefficient (Wildman–Crippen LogP) is 4.00. The number of rotatable bonds is 3. The third kappa shape index (κ3) is 4.39. The van der Waals surface area contributed by atoms with Crippen molar-refractivity contribution in [3.05, 3.63) is 57.5 Å². The second-order valence-corrected chi connectivity index (χ2v) is 5.97. The van der Waals surface area contributed by atoms with Crippen molar-refractivity contribution in [3.63, 3.8) is 0 Å². The van der Waals surface area contributed by atoms with Gasteiger partial charge in [-0.05, 0) is 11.4 Å². The largest absolute Gasteiger partial charge is 0.314 e. The van der Waals surface area contributed by atoms with Crippen LogP contribution in [0.2, 0.25) is 0 Å². The Kier molecular flexibility index (Phi) is 7.83. The minimum absolute atomic E-state index is 0. The lowest BCUT2D eigenvalue weighted by Crippen LogP contribution is -2.45. The Hall–Kier alpha value is -0.790. The highest BCUT2D eigenvalue weighted by molar-refractivity contribution is 7.10. The van der Waals surface area contributed by atoms with Gasteiger partial charge in [0.2, 0.25) is 0 Å². The number of nitrogens with zero attached hydrogens (tertiary/aromatic N) is 1. The number of piperazine rings is 1. The van der Waals surface area contributed by atoms with Crippen molar-refractivity contribution in [1.82, 2.24) is 10.2 Å². The molecular weight excluding hydrogens is 368 g/mol. The molecule has 0 saturated carbocycles. The van der Waals surface area contributed by atoms with E-state index in [4.69, 9.17) is 0 Å². The van der Waals surface area contributed by atoms with Crippen LogP contribution < -0.4 is 5.32 Å². The summed E-state index contributed by atoms with van der Waals surface area (Å²) in [6.45, 7) is 2.93. The Morgan fingerprint density at radius 3 is 2.17 bits per heavy atom. The zero-order chi connectivity index (χ0) is 14.8. The van der Waals surface area contributed by atoms with Crippen LogP contribution in [-0.2, 0) is 0 Å². The van der Waals surface area contributed by atoms with Gasteiger partial charge in [0.15, 0.2) is 0 Å². The molecule has 0 spiro atoms. The Labute approximate surface area is 149 Å². The minimum atomic E-state index is -0.890. The maximum Gasteiger partial charge on any atom is 0.134 e. The van der Waals surface area contributed by atoms with Crippen molar-refractivity contribution in [2.24, 2.45) is 0 Å². The number of hydrogen-bond acceptors (Lipinski definition) is 3. The highest BCUT2D eigenvalue weighted by atomic mass is 35.5. The van der Waals surface area contributed by atoms with E-state index < -0.39 is 23.5 Å². The molecule has 1 aliphatic rings. The molecule has 0 amide bonds. The third-order valence-electron chi connectivity index (χ3n) is 3.65. The molecule has 128 valence electrons. The summed E-state index contributed by atoms with van der Waals surface area (Å²) in [6.07, 6.45) is 0. The van der Waals surface area contributed by atoms with Gasteiger partial charge in [0, 0.05) is 48.8 Å². The maximum atomic E-state index is 14.2. The highest BCUT2D eigenvalue weighted by Gasteiger charge is 2.30. The van der Waals surface area contributed by atoms with E-state index in [0.29, 0.717) is 13.1 Å². The van der Waals surface area contributed by atoms with Crippen molar-refractivity contribution < 1.29 is 13.2 Å². The molecule has 8 heteroatoms. The lowest BCUT2D eigenvalue weighted by atomic mass is 10.0. The molecule has 0 aliphatic carbocycles. The smallest absolute Gasteiger partial charge is 0.134 e. The molecule has 2 aromatic rings. The van der Waals surface area contributed by atoms with Crippen molar-refractivity contribution >= 4 is 36.2 Å². The molecule has 23 heavy (non-hydrogen) atoms. The summed E-state index contributed by atoms with van der Waals surface area (Å²) < 4.78 is 41.5. The molecule has 1 aliphatic heterocycles. The Balaban J connectivity index is 0.00000132. The van der Waals surface area contributed by atoms with Crippen molar-refractivity contribution in [1.29, 1.82) is 0 Å². The quantitative estimate of drug-likeness (QED) is 0.859. The summed E-state index contributed by atoms with van der Waals surface area (Å²) in [6, 6.07) is 4.71. The molecule has 2 heterocycles. The summed E-state index contributed by atoms with van der Waals surface area (Å²) in [5.41, 5.74) is -0.0688. The summed E-state index contributed by atoms with van der Waals surface area (Å²) in [4.78, 5) is 2.89. The molecule has 1 fully saturated rings. The summed E-state index contributed by atoms with van der Waals surface area (Å²) >= 11 is 1.45. The molecule has 1 aromatic heterocycles. The van der Waals surface area contributed by atoms with E-state index in [0.717, 1.165) is 30.1 Å². The molecular formula is C15H17Cl2F3N2S. The molecule has 1 atom stereocenters. The first-order chi connectivity index (χ1) is 10.2. The van der Waals surface area contributed by atoms with Gasteiger partial charge < -0.3 is 5.32 Å². The van der Waals surface area contributed by atoms with E-state index >= 15 is 0 Å². The van der Waals surface area contributed by atoms with Crippen LogP contribution in [0.1, 0.15) is 16.5 Å². The number of benzene rings is 1. The minimum Gasteiger partial charge on any atom is -0.314 e. The average Bonchev–Trinajstić information content (AvgIpc) is 2.97. The molecule has 1 aromatic carbocycles. The van der Waals surface area contributed by atoms with Crippen LogP contribution >= 0.6 is 36.2 Å². The van der Waals surface area contributed by atoms with E-state index in [2.05, 4.69) is 5.32 Å². The lowest BCUT2D eigenvalue weighted by molar-refractivity contribution is 0.194. The van der Waals surface area contributed by atoms with Gasteiger partial charge in [-0.2, -0.15) is 0 Å². The van der Waals surface area contributed by atoms with Gasteiger partial charge in [0.05, 0.1) is 6.04 Å². The van der Waals surface area contributed by atoms with Gasteiger partial charge in [0.1, 0.15) is 17.5 Å². The van der Waals surface area contributed by atoms with Gasteiger partial charge >= 0.3 is 0 Å². The van der Waals surface area contributed by atoms with Gasteiger partial charge in [0.25, 0.3) is 0 Å². The van der Waals surface area contributed by atoms with Crippen LogP contribution in [0.25, 0.3) is 0 Å². The van der Waals surface area contributed by atoms with E-state index in [1.807, 2.05) is 22.4 Å². The highest BCUT2D eigenvalue weighted by Crippen LogP contribution is 2.35. The van der Waals surface area contributed by atoms with Crippen molar-refractivity contribution in [2.45, 2.75) is 6.04 Å². The topological polar surface area (TPSA) is 15.3 Å². The first-order valence-electron chi connectivity index (χ1n) is 6.79. The molecule has 3 rings (SSSR count). The Morgan fingerprint density at radius 2 is 1.65 bits per heavy atom. The van der Waals surface area contributed by atoms with Gasteiger partial charge in [-0.1, -0.05) is 6.07 Å². The summed E-state index contributed by atoms with van der Waals surface area (Å²) in [5.74, 6) is -2.55. The Bertz CT molecular complexity index is 596. The standard InChI is InChI=1S/C15H15F3N2S.2ClH/c16-10-8-11(17)14(12(18)9-10)15(13-2-1-7-21-13)20-5-3-19-4-6-20;;/h1-2,7-9,15,19H,3-6H2;2*1H/t15-;;/m1../s1. The second-order valence-electron chi connectivity index (χ2n) is 4.99. The van der Waals surface area contributed by atoms with Crippen LogP contribution in [0.4, 0.5) is 13.2 Å². The molecule has 1 saturated heterocycles. The monoisotopic (exact) mass is 384 g/mol.